The molecule has 0 fully saturated rings. The number of pyridine rings is 1. The topological polar surface area (TPSA) is 78.4 Å². The van der Waals surface area contributed by atoms with Crippen molar-refractivity contribution in [3.8, 4) is 17.0 Å². The second kappa shape index (κ2) is 7.91. The van der Waals surface area contributed by atoms with Gasteiger partial charge in [-0.05, 0) is 31.2 Å². The quantitative estimate of drug-likeness (QED) is 0.339. The first-order valence-electron chi connectivity index (χ1n) is 9.82. The van der Waals surface area contributed by atoms with Gasteiger partial charge in [0, 0.05) is 17.1 Å². The van der Waals surface area contributed by atoms with Gasteiger partial charge in [-0.3, -0.25) is 9.78 Å². The lowest BCUT2D eigenvalue weighted by atomic mass is 10.0. The molecule has 0 radical (unpaired) electrons. The van der Waals surface area contributed by atoms with Crippen LogP contribution in [0.5, 0.6) is 5.75 Å². The fourth-order valence-electron chi connectivity index (χ4n) is 3.45. The van der Waals surface area contributed by atoms with E-state index in [0.29, 0.717) is 35.0 Å². The van der Waals surface area contributed by atoms with E-state index >= 15 is 0 Å². The molecule has 0 aliphatic carbocycles. The maximum absolute atomic E-state index is 13.3. The summed E-state index contributed by atoms with van der Waals surface area (Å²) in [6.07, 6.45) is 1.72. The second-order valence-corrected chi connectivity index (χ2v) is 7.05. The van der Waals surface area contributed by atoms with Crippen molar-refractivity contribution in [3.63, 3.8) is 0 Å². The van der Waals surface area contributed by atoms with Gasteiger partial charge in [-0.25, -0.2) is 0 Å². The van der Waals surface area contributed by atoms with Crippen molar-refractivity contribution >= 4 is 16.8 Å². The Balaban J connectivity index is 1.49. The highest BCUT2D eigenvalue weighted by Gasteiger charge is 2.26. The molecule has 0 spiro atoms. The van der Waals surface area contributed by atoms with Crippen molar-refractivity contribution < 1.29 is 18.5 Å². The van der Waals surface area contributed by atoms with Gasteiger partial charge < -0.3 is 13.7 Å². The molecule has 3 aromatic heterocycles. The molecule has 0 atom stereocenters. The molecule has 3 heterocycles. The van der Waals surface area contributed by atoms with Gasteiger partial charge >= 0.3 is 0 Å². The Hall–Kier alpha value is -4.19. The predicted molar refractivity (Wildman–Crippen MR) is 115 cm³/mol. The summed E-state index contributed by atoms with van der Waals surface area (Å²) in [6, 6.07) is 22.4. The molecule has 6 heteroatoms. The fourth-order valence-corrected chi connectivity index (χ4v) is 3.45. The lowest BCUT2D eigenvalue weighted by Crippen LogP contribution is -2.02. The lowest BCUT2D eigenvalue weighted by Gasteiger charge is -2.05. The Kier molecular flexibility index (Phi) is 4.80. The highest BCUT2D eigenvalue weighted by atomic mass is 16.5. The Bertz CT molecular complexity index is 1350. The number of ether oxygens (including phenoxy) is 1. The van der Waals surface area contributed by atoms with E-state index in [2.05, 4.69) is 10.1 Å². The molecule has 0 saturated carbocycles. The molecule has 5 aromatic rings. The number of carbonyl (C=O) groups is 1. The molecule has 0 unspecified atom stereocenters. The third kappa shape index (κ3) is 3.59. The van der Waals surface area contributed by atoms with Crippen LogP contribution < -0.4 is 4.74 Å². The first kappa shape index (κ1) is 18.8. The van der Waals surface area contributed by atoms with Gasteiger partial charge in [-0.15, -0.1) is 0 Å². The molecule has 2 aromatic carbocycles. The van der Waals surface area contributed by atoms with Crippen LogP contribution in [0.15, 0.2) is 87.9 Å². The zero-order valence-corrected chi connectivity index (χ0v) is 16.7. The van der Waals surface area contributed by atoms with Gasteiger partial charge in [0.05, 0.1) is 11.3 Å². The van der Waals surface area contributed by atoms with E-state index in [9.17, 15) is 4.79 Å². The molecule has 0 aliphatic rings. The minimum absolute atomic E-state index is 0.201. The predicted octanol–water partition coefficient (Wildman–Crippen LogP) is 5.60. The number of para-hydroxylation sites is 1. The monoisotopic (exact) mass is 410 g/mol. The van der Waals surface area contributed by atoms with Gasteiger partial charge in [0.2, 0.25) is 5.78 Å². The molecular formula is C25H18N2O4. The van der Waals surface area contributed by atoms with E-state index in [1.807, 2.05) is 66.7 Å². The minimum Gasteiger partial charge on any atom is -0.483 e. The third-order valence-electron chi connectivity index (χ3n) is 4.97. The number of benzene rings is 2. The van der Waals surface area contributed by atoms with Gasteiger partial charge in [0.15, 0.2) is 17.1 Å². The fraction of sp³-hybridized carbons (Fsp3) is 0.0800. The van der Waals surface area contributed by atoms with E-state index in [0.717, 1.165) is 16.6 Å². The summed E-state index contributed by atoms with van der Waals surface area (Å²) < 4.78 is 17.2. The number of rotatable bonds is 6. The summed E-state index contributed by atoms with van der Waals surface area (Å²) >= 11 is 0. The van der Waals surface area contributed by atoms with Crippen LogP contribution in [0.4, 0.5) is 0 Å². The zero-order chi connectivity index (χ0) is 21.2. The van der Waals surface area contributed by atoms with Crippen LogP contribution in [0.3, 0.4) is 0 Å². The SMILES string of the molecule is Cc1onc(-c2ccccc2)c1C(=O)c1cc2cccc(OCc3ccccn3)c2o1. The normalized spacial score (nSPS) is 11.0. The number of furan rings is 1. The Labute approximate surface area is 178 Å². The zero-order valence-electron chi connectivity index (χ0n) is 16.7. The van der Waals surface area contributed by atoms with Crippen LogP contribution in [0.2, 0.25) is 0 Å². The molecule has 152 valence electrons. The number of hydrogen-bond donors (Lipinski definition) is 0. The summed E-state index contributed by atoms with van der Waals surface area (Å²) in [5.41, 5.74) is 3.00. The van der Waals surface area contributed by atoms with Gasteiger partial charge in [0.25, 0.3) is 0 Å². The number of carbonyl (C=O) groups excluding carboxylic acids is 1. The second-order valence-electron chi connectivity index (χ2n) is 7.05. The van der Waals surface area contributed by atoms with E-state index in [1.165, 1.54) is 0 Å². The number of aromatic nitrogens is 2. The number of aryl methyl sites for hydroxylation is 1. The first-order valence-corrected chi connectivity index (χ1v) is 9.82. The maximum Gasteiger partial charge on any atom is 0.234 e. The summed E-state index contributed by atoms with van der Waals surface area (Å²) in [5.74, 6) is 0.903. The average Bonchev–Trinajstić information content (AvgIpc) is 3.42. The highest BCUT2D eigenvalue weighted by Crippen LogP contribution is 2.33. The molecular weight excluding hydrogens is 392 g/mol. The number of nitrogens with zero attached hydrogens (tertiary/aromatic N) is 2. The van der Waals surface area contributed by atoms with Crippen molar-refractivity contribution in [2.75, 3.05) is 0 Å². The number of ketones is 1. The molecule has 0 aliphatic heterocycles. The maximum atomic E-state index is 13.3. The molecule has 5 rings (SSSR count). The van der Waals surface area contributed by atoms with E-state index in [4.69, 9.17) is 13.7 Å². The number of fused-ring (bicyclic) bond motifs is 1. The van der Waals surface area contributed by atoms with Crippen LogP contribution in [-0.4, -0.2) is 15.9 Å². The average molecular weight is 410 g/mol. The van der Waals surface area contributed by atoms with Crippen LogP contribution in [0, 0.1) is 6.92 Å². The first-order chi connectivity index (χ1) is 15.2. The van der Waals surface area contributed by atoms with Crippen LogP contribution in [-0.2, 0) is 6.61 Å². The van der Waals surface area contributed by atoms with Crippen molar-refractivity contribution in [3.05, 3.63) is 102 Å². The van der Waals surface area contributed by atoms with Crippen LogP contribution in [0.25, 0.3) is 22.2 Å². The largest absolute Gasteiger partial charge is 0.483 e. The summed E-state index contributed by atoms with van der Waals surface area (Å²) in [6.45, 7) is 2.02. The van der Waals surface area contributed by atoms with E-state index in [-0.39, 0.29) is 11.5 Å². The lowest BCUT2D eigenvalue weighted by molar-refractivity contribution is 0.101. The van der Waals surface area contributed by atoms with Crippen molar-refractivity contribution in [1.82, 2.24) is 10.1 Å². The summed E-state index contributed by atoms with van der Waals surface area (Å²) in [4.78, 5) is 17.6. The molecule has 0 N–H and O–H groups in total. The molecule has 0 amide bonds. The van der Waals surface area contributed by atoms with E-state index in [1.54, 1.807) is 19.2 Å². The van der Waals surface area contributed by atoms with Gasteiger partial charge in [-0.2, -0.15) is 0 Å². The standard InChI is InChI=1S/C25H18N2O4/c1-16-22(23(27-31-16)17-8-3-2-4-9-17)24(28)21-14-18-10-7-12-20(25(18)30-21)29-15-19-11-5-6-13-26-19/h2-14H,15H2,1H3. The summed E-state index contributed by atoms with van der Waals surface area (Å²) in [7, 11) is 0. The Morgan fingerprint density at radius 3 is 2.65 bits per heavy atom. The number of hydrogen-bond acceptors (Lipinski definition) is 6. The van der Waals surface area contributed by atoms with E-state index < -0.39 is 0 Å². The van der Waals surface area contributed by atoms with Gasteiger partial charge in [-0.1, -0.05) is 53.7 Å². The Morgan fingerprint density at radius 2 is 1.84 bits per heavy atom. The smallest absolute Gasteiger partial charge is 0.234 e. The highest BCUT2D eigenvalue weighted by molar-refractivity contribution is 6.13. The van der Waals surface area contributed by atoms with Gasteiger partial charge in [0.1, 0.15) is 18.1 Å². The van der Waals surface area contributed by atoms with Crippen LogP contribution in [0.1, 0.15) is 27.6 Å². The van der Waals surface area contributed by atoms with Crippen molar-refractivity contribution in [2.45, 2.75) is 13.5 Å². The molecule has 0 saturated heterocycles. The minimum atomic E-state index is -0.288. The molecule has 0 bridgehead atoms. The van der Waals surface area contributed by atoms with Crippen molar-refractivity contribution in [2.24, 2.45) is 0 Å². The third-order valence-corrected chi connectivity index (χ3v) is 4.97. The van der Waals surface area contributed by atoms with Crippen LogP contribution >= 0.6 is 0 Å². The summed E-state index contributed by atoms with van der Waals surface area (Å²) in [5, 5.41) is 4.87. The van der Waals surface area contributed by atoms with Crippen molar-refractivity contribution in [1.29, 1.82) is 0 Å². The Morgan fingerprint density at radius 1 is 1.00 bits per heavy atom. The molecule has 31 heavy (non-hydrogen) atoms. The molecule has 6 nitrogen and oxygen atoms in total.